The minimum atomic E-state index is -0.612. The fourth-order valence-electron chi connectivity index (χ4n) is 2.87. The van der Waals surface area contributed by atoms with Crippen molar-refractivity contribution in [3.8, 4) is 5.75 Å². The molecule has 1 saturated heterocycles. The van der Waals surface area contributed by atoms with E-state index < -0.39 is 12.1 Å². The summed E-state index contributed by atoms with van der Waals surface area (Å²) >= 11 is 0. The van der Waals surface area contributed by atoms with E-state index in [1.165, 1.54) is 6.07 Å². The molecule has 0 aliphatic carbocycles. The second kappa shape index (κ2) is 7.43. The van der Waals surface area contributed by atoms with Crippen LogP contribution in [0.2, 0.25) is 0 Å². The third-order valence-electron chi connectivity index (χ3n) is 4.31. The first kappa shape index (κ1) is 17.7. The molecule has 2 N–H and O–H groups in total. The van der Waals surface area contributed by atoms with Crippen molar-refractivity contribution >= 4 is 23.3 Å². The number of hydrogen-bond donors (Lipinski definition) is 2. The van der Waals surface area contributed by atoms with Crippen molar-refractivity contribution in [2.75, 3.05) is 23.9 Å². The lowest BCUT2D eigenvalue weighted by Crippen LogP contribution is -2.43. The van der Waals surface area contributed by atoms with Gasteiger partial charge in [-0.2, -0.15) is 0 Å². The molecule has 26 heavy (non-hydrogen) atoms. The van der Waals surface area contributed by atoms with Gasteiger partial charge in [0.05, 0.1) is 7.11 Å². The predicted octanol–water partition coefficient (Wildman–Crippen LogP) is 3.07. The van der Waals surface area contributed by atoms with Gasteiger partial charge in [-0.15, -0.1) is 0 Å². The molecule has 3 rings (SSSR count). The van der Waals surface area contributed by atoms with Crippen LogP contribution in [0.25, 0.3) is 0 Å². The van der Waals surface area contributed by atoms with Crippen LogP contribution < -0.4 is 20.3 Å². The lowest BCUT2D eigenvalue weighted by molar-refractivity contribution is -0.118. The third kappa shape index (κ3) is 3.77. The van der Waals surface area contributed by atoms with Crippen LogP contribution in [0.15, 0.2) is 42.5 Å². The lowest BCUT2D eigenvalue weighted by Gasteiger charge is -2.18. The molecule has 136 valence electrons. The summed E-state index contributed by atoms with van der Waals surface area (Å²) in [5.41, 5.74) is 1.71. The molecule has 0 aromatic heterocycles. The van der Waals surface area contributed by atoms with Gasteiger partial charge in [0.25, 0.3) is 0 Å². The Morgan fingerprint density at radius 3 is 2.62 bits per heavy atom. The Morgan fingerprint density at radius 1 is 1.23 bits per heavy atom. The molecule has 0 unspecified atom stereocenters. The summed E-state index contributed by atoms with van der Waals surface area (Å²) < 4.78 is 18.5. The van der Waals surface area contributed by atoms with Crippen LogP contribution in [0.1, 0.15) is 12.0 Å². The molecule has 0 radical (unpaired) electrons. The Kier molecular flexibility index (Phi) is 5.06. The zero-order valence-electron chi connectivity index (χ0n) is 14.6. The topological polar surface area (TPSA) is 70.7 Å². The van der Waals surface area contributed by atoms with Gasteiger partial charge < -0.3 is 20.3 Å². The molecule has 0 spiro atoms. The summed E-state index contributed by atoms with van der Waals surface area (Å²) in [5, 5.41) is 5.37. The standard InChI is InChI=1S/C19H20FN3O3/c1-12-11-14(5-8-16(12)20)23-10-9-17(18(23)24)22-19(25)21-13-3-6-15(26-2)7-4-13/h3-8,11,17H,9-10H2,1-2H3,(H2,21,22,25)/t17-/m1/s1. The van der Waals surface area contributed by atoms with Crippen molar-refractivity contribution in [1.82, 2.24) is 5.32 Å². The van der Waals surface area contributed by atoms with Gasteiger partial charge in [0.15, 0.2) is 0 Å². The number of methoxy groups -OCH3 is 1. The van der Waals surface area contributed by atoms with Crippen LogP contribution in [0.4, 0.5) is 20.6 Å². The Morgan fingerprint density at radius 2 is 1.96 bits per heavy atom. The van der Waals surface area contributed by atoms with Gasteiger partial charge in [-0.1, -0.05) is 0 Å². The van der Waals surface area contributed by atoms with Gasteiger partial charge >= 0.3 is 6.03 Å². The third-order valence-corrected chi connectivity index (χ3v) is 4.31. The van der Waals surface area contributed by atoms with Crippen LogP contribution in [0, 0.1) is 12.7 Å². The van der Waals surface area contributed by atoms with E-state index >= 15 is 0 Å². The second-order valence-electron chi connectivity index (χ2n) is 6.09. The van der Waals surface area contributed by atoms with Crippen molar-refractivity contribution < 1.29 is 18.7 Å². The minimum absolute atomic E-state index is 0.208. The summed E-state index contributed by atoms with van der Waals surface area (Å²) in [4.78, 5) is 26.2. The Bertz CT molecular complexity index is 823. The van der Waals surface area contributed by atoms with E-state index in [1.807, 2.05) is 0 Å². The van der Waals surface area contributed by atoms with Gasteiger partial charge in [0.1, 0.15) is 17.6 Å². The Hall–Kier alpha value is -3.09. The number of urea groups is 1. The van der Waals surface area contributed by atoms with Crippen LogP contribution in [-0.4, -0.2) is 31.6 Å². The largest absolute Gasteiger partial charge is 0.497 e. The second-order valence-corrected chi connectivity index (χ2v) is 6.09. The molecular formula is C19H20FN3O3. The maximum atomic E-state index is 13.4. The number of carbonyl (C=O) groups is 2. The summed E-state index contributed by atoms with van der Waals surface area (Å²) in [6.45, 7) is 2.12. The maximum Gasteiger partial charge on any atom is 0.319 e. The molecule has 2 aromatic rings. The van der Waals surface area contributed by atoms with Crippen LogP contribution in [0.5, 0.6) is 5.75 Å². The van der Waals surface area contributed by atoms with Crippen molar-refractivity contribution in [1.29, 1.82) is 0 Å². The molecule has 6 nitrogen and oxygen atoms in total. The van der Waals surface area contributed by atoms with E-state index in [-0.39, 0.29) is 11.7 Å². The van der Waals surface area contributed by atoms with Crippen molar-refractivity contribution in [2.24, 2.45) is 0 Å². The summed E-state index contributed by atoms with van der Waals surface area (Å²) in [5.74, 6) is 0.169. The normalized spacial score (nSPS) is 16.5. The smallest absolute Gasteiger partial charge is 0.319 e. The van der Waals surface area contributed by atoms with Crippen LogP contribution in [0.3, 0.4) is 0 Å². The molecule has 0 saturated carbocycles. The number of anilines is 2. The van der Waals surface area contributed by atoms with Crippen molar-refractivity contribution in [2.45, 2.75) is 19.4 Å². The molecule has 1 fully saturated rings. The quantitative estimate of drug-likeness (QED) is 0.883. The number of rotatable bonds is 4. The maximum absolute atomic E-state index is 13.4. The van der Waals surface area contributed by atoms with Crippen molar-refractivity contribution in [3.05, 3.63) is 53.8 Å². The van der Waals surface area contributed by atoms with E-state index in [2.05, 4.69) is 10.6 Å². The lowest BCUT2D eigenvalue weighted by atomic mass is 10.2. The molecule has 7 heteroatoms. The number of hydrogen-bond acceptors (Lipinski definition) is 3. The average molecular weight is 357 g/mol. The minimum Gasteiger partial charge on any atom is -0.497 e. The van der Waals surface area contributed by atoms with E-state index in [4.69, 9.17) is 4.74 Å². The number of aryl methyl sites for hydroxylation is 1. The zero-order chi connectivity index (χ0) is 18.7. The SMILES string of the molecule is COc1ccc(NC(=O)N[C@@H]2CCN(c3ccc(F)c(C)c3)C2=O)cc1. The van der Waals surface area contributed by atoms with E-state index in [0.717, 1.165) is 0 Å². The number of ether oxygens (including phenoxy) is 1. The molecule has 1 aliphatic rings. The zero-order valence-corrected chi connectivity index (χ0v) is 14.6. The Balaban J connectivity index is 1.60. The number of nitrogens with zero attached hydrogens (tertiary/aromatic N) is 1. The average Bonchev–Trinajstić information content (AvgIpc) is 2.98. The number of amides is 3. The number of carbonyl (C=O) groups excluding carboxylic acids is 2. The van der Waals surface area contributed by atoms with Gasteiger partial charge in [0, 0.05) is 17.9 Å². The first-order valence-electron chi connectivity index (χ1n) is 8.27. The first-order chi connectivity index (χ1) is 12.5. The van der Waals surface area contributed by atoms with E-state index in [9.17, 15) is 14.0 Å². The predicted molar refractivity (Wildman–Crippen MR) is 97.0 cm³/mol. The highest BCUT2D eigenvalue weighted by Gasteiger charge is 2.33. The summed E-state index contributed by atoms with van der Waals surface area (Å²) in [6, 6.07) is 10.4. The van der Waals surface area contributed by atoms with Crippen LogP contribution in [-0.2, 0) is 4.79 Å². The van der Waals surface area contributed by atoms with Gasteiger partial charge in [0.2, 0.25) is 5.91 Å². The van der Waals surface area contributed by atoms with Gasteiger partial charge in [-0.05, 0) is 61.4 Å². The highest BCUT2D eigenvalue weighted by molar-refractivity contribution is 6.02. The van der Waals surface area contributed by atoms with Gasteiger partial charge in [-0.25, -0.2) is 9.18 Å². The first-order valence-corrected chi connectivity index (χ1v) is 8.27. The number of benzene rings is 2. The summed E-state index contributed by atoms with van der Waals surface area (Å²) in [6.07, 6.45) is 0.491. The molecule has 1 heterocycles. The van der Waals surface area contributed by atoms with Crippen LogP contribution >= 0.6 is 0 Å². The molecule has 1 aliphatic heterocycles. The van der Waals surface area contributed by atoms with E-state index in [0.29, 0.717) is 35.7 Å². The fourth-order valence-corrected chi connectivity index (χ4v) is 2.87. The molecule has 2 aromatic carbocycles. The molecule has 3 amide bonds. The number of halogens is 1. The molecule has 0 bridgehead atoms. The van der Waals surface area contributed by atoms with Crippen molar-refractivity contribution in [3.63, 3.8) is 0 Å². The number of nitrogens with one attached hydrogen (secondary N) is 2. The van der Waals surface area contributed by atoms with Gasteiger partial charge in [-0.3, -0.25) is 4.79 Å². The molecular weight excluding hydrogens is 337 g/mol. The highest BCUT2D eigenvalue weighted by atomic mass is 19.1. The molecule has 1 atom stereocenters. The highest BCUT2D eigenvalue weighted by Crippen LogP contribution is 2.24. The monoisotopic (exact) mass is 357 g/mol. The van der Waals surface area contributed by atoms with E-state index in [1.54, 1.807) is 55.3 Å². The Labute approximate surface area is 150 Å². The fraction of sp³-hybridized carbons (Fsp3) is 0.263. The summed E-state index contributed by atoms with van der Waals surface area (Å²) in [7, 11) is 1.56.